The van der Waals surface area contributed by atoms with E-state index in [0.717, 1.165) is 6.54 Å². The van der Waals surface area contributed by atoms with Crippen LogP contribution in [-0.4, -0.2) is 16.1 Å². The van der Waals surface area contributed by atoms with E-state index in [2.05, 4.69) is 10.3 Å². The van der Waals surface area contributed by atoms with Crippen molar-refractivity contribution < 1.29 is 0 Å². The summed E-state index contributed by atoms with van der Waals surface area (Å²) in [5, 5.41) is 3.21. The van der Waals surface area contributed by atoms with Crippen molar-refractivity contribution in [2.24, 2.45) is 5.92 Å². The van der Waals surface area contributed by atoms with Gasteiger partial charge < -0.3 is 9.88 Å². The van der Waals surface area contributed by atoms with E-state index >= 15 is 0 Å². The van der Waals surface area contributed by atoms with Gasteiger partial charge in [-0.3, -0.25) is 4.79 Å². The monoisotopic (exact) mass is 235 g/mol. The lowest BCUT2D eigenvalue weighted by molar-refractivity contribution is 0.564. The van der Waals surface area contributed by atoms with Crippen LogP contribution in [0.4, 0.5) is 5.82 Å². The van der Waals surface area contributed by atoms with Gasteiger partial charge in [0.05, 0.1) is 0 Å². The minimum atomic E-state index is -0.0134. The van der Waals surface area contributed by atoms with Crippen molar-refractivity contribution in [3.63, 3.8) is 0 Å². The number of nitrogens with zero attached hydrogens (tertiary/aromatic N) is 2. The first-order chi connectivity index (χ1) is 8.18. The molecule has 94 valence electrons. The molecule has 0 saturated heterocycles. The molecule has 1 aliphatic rings. The molecule has 1 aromatic rings. The number of rotatable bonds is 4. The van der Waals surface area contributed by atoms with Gasteiger partial charge in [0.25, 0.3) is 5.56 Å². The van der Waals surface area contributed by atoms with Gasteiger partial charge in [-0.25, -0.2) is 4.98 Å². The summed E-state index contributed by atoms with van der Waals surface area (Å²) in [6.07, 6.45) is 8.64. The minimum absolute atomic E-state index is 0.0134. The third-order valence-corrected chi connectivity index (χ3v) is 3.46. The SMILES string of the molecule is CC(C)n1ccnc(NCC2CCCC2)c1=O. The Balaban J connectivity index is 2.05. The van der Waals surface area contributed by atoms with Crippen LogP contribution >= 0.6 is 0 Å². The van der Waals surface area contributed by atoms with Crippen LogP contribution in [0.5, 0.6) is 0 Å². The first-order valence-electron chi connectivity index (χ1n) is 6.49. The molecule has 1 saturated carbocycles. The maximum atomic E-state index is 12.1. The second-order valence-electron chi connectivity index (χ2n) is 5.11. The van der Waals surface area contributed by atoms with Crippen molar-refractivity contribution >= 4 is 5.82 Å². The van der Waals surface area contributed by atoms with Crippen molar-refractivity contribution in [1.29, 1.82) is 0 Å². The first-order valence-corrected chi connectivity index (χ1v) is 6.49. The summed E-state index contributed by atoms with van der Waals surface area (Å²) in [5.74, 6) is 1.21. The van der Waals surface area contributed by atoms with E-state index in [0.29, 0.717) is 11.7 Å². The highest BCUT2D eigenvalue weighted by molar-refractivity contribution is 5.30. The molecule has 1 N–H and O–H groups in total. The van der Waals surface area contributed by atoms with E-state index in [1.165, 1.54) is 25.7 Å². The number of nitrogens with one attached hydrogen (secondary N) is 1. The molecule has 4 heteroatoms. The lowest BCUT2D eigenvalue weighted by Gasteiger charge is -2.13. The Labute approximate surface area is 102 Å². The fourth-order valence-corrected chi connectivity index (χ4v) is 2.41. The molecule has 0 aliphatic heterocycles. The molecule has 0 amide bonds. The molecule has 0 radical (unpaired) electrons. The van der Waals surface area contributed by atoms with Crippen LogP contribution in [0.25, 0.3) is 0 Å². The quantitative estimate of drug-likeness (QED) is 0.872. The second kappa shape index (κ2) is 5.34. The predicted molar refractivity (Wildman–Crippen MR) is 69.3 cm³/mol. The molecule has 0 bridgehead atoms. The average molecular weight is 235 g/mol. The van der Waals surface area contributed by atoms with Gasteiger partial charge in [0.2, 0.25) is 0 Å². The molecule has 2 rings (SSSR count). The highest BCUT2D eigenvalue weighted by atomic mass is 16.1. The Hall–Kier alpha value is -1.32. The van der Waals surface area contributed by atoms with Crippen molar-refractivity contribution in [1.82, 2.24) is 9.55 Å². The molecule has 0 unspecified atom stereocenters. The Kier molecular flexibility index (Phi) is 3.82. The zero-order chi connectivity index (χ0) is 12.3. The van der Waals surface area contributed by atoms with Crippen LogP contribution in [-0.2, 0) is 0 Å². The minimum Gasteiger partial charge on any atom is -0.365 e. The summed E-state index contributed by atoms with van der Waals surface area (Å²) in [6.45, 7) is 4.88. The largest absolute Gasteiger partial charge is 0.365 e. The maximum absolute atomic E-state index is 12.1. The lowest BCUT2D eigenvalue weighted by atomic mass is 10.1. The summed E-state index contributed by atoms with van der Waals surface area (Å²) in [4.78, 5) is 16.2. The Bertz CT molecular complexity index is 419. The Morgan fingerprint density at radius 3 is 2.82 bits per heavy atom. The van der Waals surface area contributed by atoms with E-state index in [9.17, 15) is 4.79 Å². The maximum Gasteiger partial charge on any atom is 0.293 e. The predicted octanol–water partition coefficient (Wildman–Crippen LogP) is 2.43. The van der Waals surface area contributed by atoms with Crippen molar-refractivity contribution in [3.05, 3.63) is 22.7 Å². The van der Waals surface area contributed by atoms with E-state index in [4.69, 9.17) is 0 Å². The molecule has 1 fully saturated rings. The van der Waals surface area contributed by atoms with Crippen LogP contribution in [0.3, 0.4) is 0 Å². The van der Waals surface area contributed by atoms with Crippen molar-refractivity contribution in [2.45, 2.75) is 45.6 Å². The normalized spacial score (nSPS) is 16.6. The molecule has 0 aromatic carbocycles. The van der Waals surface area contributed by atoms with Crippen LogP contribution in [0.1, 0.15) is 45.6 Å². The second-order valence-corrected chi connectivity index (χ2v) is 5.11. The molecule has 0 atom stereocenters. The molecular weight excluding hydrogens is 214 g/mol. The molecule has 0 spiro atoms. The third kappa shape index (κ3) is 2.87. The molecule has 4 nitrogen and oxygen atoms in total. The molecule has 1 aliphatic carbocycles. The van der Waals surface area contributed by atoms with Gasteiger partial charge >= 0.3 is 0 Å². The molecule has 17 heavy (non-hydrogen) atoms. The first kappa shape index (κ1) is 12.1. The number of anilines is 1. The molecule has 1 aromatic heterocycles. The van der Waals surface area contributed by atoms with Gasteiger partial charge in [0.1, 0.15) is 0 Å². The third-order valence-electron chi connectivity index (χ3n) is 3.46. The Morgan fingerprint density at radius 1 is 1.47 bits per heavy atom. The van der Waals surface area contributed by atoms with E-state index in [1.54, 1.807) is 17.0 Å². The molecular formula is C13H21N3O. The fourth-order valence-electron chi connectivity index (χ4n) is 2.41. The summed E-state index contributed by atoms with van der Waals surface area (Å²) in [6, 6.07) is 0.178. The highest BCUT2D eigenvalue weighted by Gasteiger charge is 2.15. The fraction of sp³-hybridized carbons (Fsp3) is 0.692. The van der Waals surface area contributed by atoms with Gasteiger partial charge in [-0.05, 0) is 32.6 Å². The van der Waals surface area contributed by atoms with Crippen LogP contribution in [0.2, 0.25) is 0 Å². The van der Waals surface area contributed by atoms with Gasteiger partial charge in [-0.2, -0.15) is 0 Å². The van der Waals surface area contributed by atoms with Gasteiger partial charge in [-0.15, -0.1) is 0 Å². The number of aromatic nitrogens is 2. The van der Waals surface area contributed by atoms with E-state index in [1.807, 2.05) is 13.8 Å². The van der Waals surface area contributed by atoms with E-state index < -0.39 is 0 Å². The summed E-state index contributed by atoms with van der Waals surface area (Å²) in [5.41, 5.74) is -0.0134. The van der Waals surface area contributed by atoms with Crippen LogP contribution < -0.4 is 10.9 Å². The van der Waals surface area contributed by atoms with Crippen LogP contribution in [0.15, 0.2) is 17.2 Å². The zero-order valence-corrected chi connectivity index (χ0v) is 10.6. The van der Waals surface area contributed by atoms with Gasteiger partial charge in [0.15, 0.2) is 5.82 Å². The number of hydrogen-bond donors (Lipinski definition) is 1. The van der Waals surface area contributed by atoms with Gasteiger partial charge in [-0.1, -0.05) is 12.8 Å². The molecule has 1 heterocycles. The average Bonchev–Trinajstić information content (AvgIpc) is 2.80. The summed E-state index contributed by atoms with van der Waals surface area (Å²) < 4.78 is 1.71. The van der Waals surface area contributed by atoms with E-state index in [-0.39, 0.29) is 11.6 Å². The smallest absolute Gasteiger partial charge is 0.293 e. The van der Waals surface area contributed by atoms with Crippen molar-refractivity contribution in [3.8, 4) is 0 Å². The summed E-state index contributed by atoms with van der Waals surface area (Å²) in [7, 11) is 0. The van der Waals surface area contributed by atoms with Gasteiger partial charge in [0, 0.05) is 25.0 Å². The zero-order valence-electron chi connectivity index (χ0n) is 10.6. The highest BCUT2D eigenvalue weighted by Crippen LogP contribution is 2.24. The lowest BCUT2D eigenvalue weighted by Crippen LogP contribution is -2.27. The number of hydrogen-bond acceptors (Lipinski definition) is 3. The van der Waals surface area contributed by atoms with Crippen molar-refractivity contribution in [2.75, 3.05) is 11.9 Å². The Morgan fingerprint density at radius 2 is 2.18 bits per heavy atom. The topological polar surface area (TPSA) is 46.9 Å². The van der Waals surface area contributed by atoms with Crippen LogP contribution in [0, 0.1) is 5.92 Å². The summed E-state index contributed by atoms with van der Waals surface area (Å²) >= 11 is 0. The standard InChI is InChI=1S/C13H21N3O/c1-10(2)16-8-7-14-12(13(16)17)15-9-11-5-3-4-6-11/h7-8,10-11H,3-6,9H2,1-2H3,(H,14,15).